The number of benzene rings is 2. The maximum Gasteiger partial charge on any atom is 0.281 e. The number of carbonyl (C=O) groups is 2. The van der Waals surface area contributed by atoms with Crippen molar-refractivity contribution >= 4 is 67.7 Å². The van der Waals surface area contributed by atoms with E-state index in [1.807, 2.05) is 73.1 Å². The van der Waals surface area contributed by atoms with Crippen molar-refractivity contribution in [2.75, 3.05) is 18.0 Å². The van der Waals surface area contributed by atoms with Crippen molar-refractivity contribution < 1.29 is 9.59 Å². The minimum atomic E-state index is -0.212. The molecule has 6 nitrogen and oxygen atoms in total. The van der Waals surface area contributed by atoms with E-state index in [0.717, 1.165) is 20.9 Å². The minimum absolute atomic E-state index is 0.0560. The van der Waals surface area contributed by atoms with Crippen molar-refractivity contribution in [2.45, 2.75) is 20.4 Å². The van der Waals surface area contributed by atoms with Gasteiger partial charge >= 0.3 is 0 Å². The number of hydrogen-bond acceptors (Lipinski definition) is 3. The highest BCUT2D eigenvalue weighted by molar-refractivity contribution is 9.10. The second-order valence-corrected chi connectivity index (χ2v) is 8.71. The molecule has 1 aliphatic rings. The Labute approximate surface area is 200 Å². The number of halogens is 1. The Morgan fingerprint density at radius 1 is 1.16 bits per heavy atom. The number of anilines is 1. The maximum absolute atomic E-state index is 13.1. The Bertz CT molecular complexity index is 1230. The van der Waals surface area contributed by atoms with Gasteiger partial charge in [0.2, 0.25) is 5.91 Å². The molecule has 1 aliphatic heterocycles. The number of nitrogens with zero attached hydrogens (tertiary/aromatic N) is 3. The van der Waals surface area contributed by atoms with Gasteiger partial charge in [-0.1, -0.05) is 34.1 Å². The van der Waals surface area contributed by atoms with Gasteiger partial charge in [0.05, 0.1) is 5.69 Å². The lowest BCUT2D eigenvalue weighted by Gasteiger charge is -2.19. The van der Waals surface area contributed by atoms with E-state index in [9.17, 15) is 9.59 Å². The highest BCUT2D eigenvalue weighted by Crippen LogP contribution is 2.29. The van der Waals surface area contributed by atoms with Gasteiger partial charge in [0.25, 0.3) is 5.91 Å². The van der Waals surface area contributed by atoms with Gasteiger partial charge in [0.15, 0.2) is 5.11 Å². The number of carbonyl (C=O) groups excluding carboxylic acids is 2. The van der Waals surface area contributed by atoms with Gasteiger partial charge in [-0.05, 0) is 62.5 Å². The molecule has 4 rings (SSSR count). The summed E-state index contributed by atoms with van der Waals surface area (Å²) in [5.74, 6) is -0.156. The molecule has 32 heavy (non-hydrogen) atoms. The molecule has 3 aromatic rings. The minimum Gasteiger partial charge on any atom is -0.342 e. The van der Waals surface area contributed by atoms with Crippen LogP contribution in [0.1, 0.15) is 19.4 Å². The molecule has 0 atom stereocenters. The first-order valence-corrected chi connectivity index (χ1v) is 11.6. The van der Waals surface area contributed by atoms with E-state index < -0.39 is 0 Å². The zero-order valence-corrected chi connectivity index (χ0v) is 20.2. The fourth-order valence-electron chi connectivity index (χ4n) is 3.87. The Balaban J connectivity index is 1.72. The number of aromatic nitrogens is 1. The maximum atomic E-state index is 13.1. The fourth-order valence-corrected chi connectivity index (χ4v) is 4.53. The van der Waals surface area contributed by atoms with Crippen LogP contribution in [0.2, 0.25) is 0 Å². The van der Waals surface area contributed by atoms with Crippen molar-refractivity contribution in [1.82, 2.24) is 14.8 Å². The van der Waals surface area contributed by atoms with Gasteiger partial charge in [0.1, 0.15) is 12.2 Å². The molecule has 1 N–H and O–H groups in total. The molecule has 1 fully saturated rings. The average molecular weight is 511 g/mol. The zero-order chi connectivity index (χ0) is 22.8. The van der Waals surface area contributed by atoms with Crippen LogP contribution in [-0.4, -0.2) is 39.5 Å². The molecule has 2 heterocycles. The summed E-state index contributed by atoms with van der Waals surface area (Å²) in [4.78, 5) is 29.1. The number of nitrogens with one attached hydrogen (secondary N) is 1. The summed E-state index contributed by atoms with van der Waals surface area (Å²) in [6, 6.07) is 15.2. The molecular weight excluding hydrogens is 488 g/mol. The van der Waals surface area contributed by atoms with E-state index in [0.29, 0.717) is 29.6 Å². The van der Waals surface area contributed by atoms with E-state index in [-0.39, 0.29) is 18.4 Å². The predicted octanol–water partition coefficient (Wildman–Crippen LogP) is 4.53. The van der Waals surface area contributed by atoms with Crippen LogP contribution in [0.15, 0.2) is 64.9 Å². The molecule has 2 aromatic carbocycles. The standard InChI is InChI=1S/C24H23BrN4O2S/c1-3-27(4-2)22(30)15-28-14-16(19-13-17(25)10-11-21(19)28)12-20-23(31)29(24(32)26-20)18-8-6-5-7-9-18/h5-14H,3-4,15H2,1-2H3,(H,26,32)/b20-12-. The predicted molar refractivity (Wildman–Crippen MR) is 135 cm³/mol. The molecule has 1 aromatic heterocycles. The molecule has 8 heteroatoms. The van der Waals surface area contributed by atoms with E-state index >= 15 is 0 Å². The molecule has 1 saturated heterocycles. The number of hydrogen-bond donors (Lipinski definition) is 1. The summed E-state index contributed by atoms with van der Waals surface area (Å²) >= 11 is 8.95. The summed E-state index contributed by atoms with van der Waals surface area (Å²) in [6.45, 7) is 5.52. The highest BCUT2D eigenvalue weighted by Gasteiger charge is 2.32. The van der Waals surface area contributed by atoms with Crippen molar-refractivity contribution in [3.05, 3.63) is 70.5 Å². The van der Waals surface area contributed by atoms with Gasteiger partial charge in [-0.25, -0.2) is 0 Å². The molecule has 0 spiro atoms. The molecule has 0 bridgehead atoms. The summed E-state index contributed by atoms with van der Waals surface area (Å²) in [5, 5.41) is 4.32. The molecule has 0 aliphatic carbocycles. The first-order valence-electron chi connectivity index (χ1n) is 10.4. The second kappa shape index (κ2) is 9.26. The molecule has 0 unspecified atom stereocenters. The summed E-state index contributed by atoms with van der Waals surface area (Å²) in [6.07, 6.45) is 3.71. The fraction of sp³-hybridized carbons (Fsp3) is 0.208. The van der Waals surface area contributed by atoms with E-state index in [4.69, 9.17) is 12.2 Å². The van der Waals surface area contributed by atoms with Crippen LogP contribution in [0.4, 0.5) is 5.69 Å². The van der Waals surface area contributed by atoms with Crippen LogP contribution in [0.3, 0.4) is 0 Å². The topological polar surface area (TPSA) is 57.6 Å². The number of para-hydroxylation sites is 1. The Hall–Kier alpha value is -2.97. The van der Waals surface area contributed by atoms with Gasteiger partial charge in [-0.2, -0.15) is 0 Å². The van der Waals surface area contributed by atoms with Crippen LogP contribution in [0, 0.1) is 0 Å². The van der Waals surface area contributed by atoms with Gasteiger partial charge < -0.3 is 14.8 Å². The Morgan fingerprint density at radius 2 is 1.88 bits per heavy atom. The number of rotatable bonds is 6. The van der Waals surface area contributed by atoms with Crippen LogP contribution in [0.25, 0.3) is 17.0 Å². The summed E-state index contributed by atoms with van der Waals surface area (Å²) in [7, 11) is 0. The van der Waals surface area contributed by atoms with Gasteiger partial charge in [-0.3, -0.25) is 14.5 Å². The smallest absolute Gasteiger partial charge is 0.281 e. The monoisotopic (exact) mass is 510 g/mol. The van der Waals surface area contributed by atoms with Crippen molar-refractivity contribution in [2.24, 2.45) is 0 Å². The van der Waals surface area contributed by atoms with Crippen LogP contribution >= 0.6 is 28.1 Å². The molecular formula is C24H23BrN4O2S. The van der Waals surface area contributed by atoms with E-state index in [1.54, 1.807) is 11.0 Å². The number of amides is 2. The lowest BCUT2D eigenvalue weighted by molar-refractivity contribution is -0.131. The Morgan fingerprint density at radius 3 is 2.56 bits per heavy atom. The largest absolute Gasteiger partial charge is 0.342 e. The lowest BCUT2D eigenvalue weighted by Crippen LogP contribution is -2.33. The SMILES string of the molecule is CCN(CC)C(=O)Cn1cc(/C=C2\NC(=S)N(c3ccccc3)C2=O)c2cc(Br)ccc21. The highest BCUT2D eigenvalue weighted by atomic mass is 79.9. The number of fused-ring (bicyclic) bond motifs is 1. The number of likely N-dealkylation sites (N-methyl/N-ethyl adjacent to an activating group) is 1. The second-order valence-electron chi connectivity index (χ2n) is 7.40. The first kappa shape index (κ1) is 22.2. The zero-order valence-electron chi connectivity index (χ0n) is 17.8. The summed E-state index contributed by atoms with van der Waals surface area (Å²) < 4.78 is 2.85. The van der Waals surface area contributed by atoms with E-state index in [1.165, 1.54) is 4.90 Å². The normalized spacial score (nSPS) is 15.0. The molecule has 0 radical (unpaired) electrons. The third-order valence-corrected chi connectivity index (χ3v) is 6.27. The molecule has 0 saturated carbocycles. The third-order valence-electron chi connectivity index (χ3n) is 5.49. The van der Waals surface area contributed by atoms with Gasteiger partial charge in [-0.15, -0.1) is 0 Å². The first-order chi connectivity index (χ1) is 15.4. The number of thiocarbonyl (C=S) groups is 1. The Kier molecular flexibility index (Phi) is 6.43. The third kappa shape index (κ3) is 4.20. The average Bonchev–Trinajstić information content (AvgIpc) is 3.25. The lowest BCUT2D eigenvalue weighted by atomic mass is 10.1. The van der Waals surface area contributed by atoms with Crippen molar-refractivity contribution in [3.8, 4) is 0 Å². The summed E-state index contributed by atoms with van der Waals surface area (Å²) in [5.41, 5.74) is 2.87. The van der Waals surface area contributed by atoms with E-state index in [2.05, 4.69) is 21.2 Å². The van der Waals surface area contributed by atoms with Crippen LogP contribution < -0.4 is 10.2 Å². The molecule has 2 amide bonds. The quantitative estimate of drug-likeness (QED) is 0.390. The van der Waals surface area contributed by atoms with Crippen molar-refractivity contribution in [3.63, 3.8) is 0 Å². The van der Waals surface area contributed by atoms with Crippen molar-refractivity contribution in [1.29, 1.82) is 0 Å². The van der Waals surface area contributed by atoms with Crippen LogP contribution in [-0.2, 0) is 16.1 Å². The van der Waals surface area contributed by atoms with Crippen LogP contribution in [0.5, 0.6) is 0 Å². The molecule has 164 valence electrons. The van der Waals surface area contributed by atoms with Gasteiger partial charge in [0, 0.05) is 40.2 Å².